The number of nitrogens with zero attached hydrogens (tertiary/aromatic N) is 1. The molecule has 1 aromatic rings. The largest absolute Gasteiger partial charge is 0.394 e. The van der Waals surface area contributed by atoms with Gasteiger partial charge in [0.05, 0.1) is 6.61 Å². The predicted molar refractivity (Wildman–Crippen MR) is 71.3 cm³/mol. The number of nitrogens with two attached hydrogens (primary N) is 1. The van der Waals surface area contributed by atoms with Gasteiger partial charge in [0.15, 0.2) is 0 Å². The fraction of sp³-hybridized carbons (Fsp3) is 0.571. The van der Waals surface area contributed by atoms with Gasteiger partial charge in [0, 0.05) is 24.3 Å². The summed E-state index contributed by atoms with van der Waals surface area (Å²) in [5, 5.41) is 9.18. The Hall–Kier alpha value is -1.06. The molecular weight excluding hydrogens is 212 g/mol. The SMILES string of the molecule is CC(N)(CO)CCN1CCCc2ccccc21. The highest BCUT2D eigenvalue weighted by molar-refractivity contribution is 5.55. The molecule has 1 aliphatic rings. The topological polar surface area (TPSA) is 49.5 Å². The summed E-state index contributed by atoms with van der Waals surface area (Å²) in [7, 11) is 0. The lowest BCUT2D eigenvalue weighted by molar-refractivity contribution is 0.201. The van der Waals surface area contributed by atoms with Gasteiger partial charge < -0.3 is 15.7 Å². The number of hydrogen-bond donors (Lipinski definition) is 2. The van der Waals surface area contributed by atoms with E-state index >= 15 is 0 Å². The summed E-state index contributed by atoms with van der Waals surface area (Å²) in [6.45, 7) is 3.97. The van der Waals surface area contributed by atoms with Crippen LogP contribution in [0.4, 0.5) is 5.69 Å². The summed E-state index contributed by atoms with van der Waals surface area (Å²) in [5.41, 5.74) is 8.28. The first-order valence-corrected chi connectivity index (χ1v) is 6.35. The molecule has 0 aromatic heterocycles. The Morgan fingerprint density at radius 1 is 1.41 bits per heavy atom. The van der Waals surface area contributed by atoms with Crippen LogP contribution in [0.15, 0.2) is 24.3 Å². The zero-order chi connectivity index (χ0) is 12.3. The van der Waals surface area contributed by atoms with Gasteiger partial charge in [-0.3, -0.25) is 0 Å². The zero-order valence-corrected chi connectivity index (χ0v) is 10.5. The van der Waals surface area contributed by atoms with Crippen LogP contribution in [-0.2, 0) is 6.42 Å². The molecule has 1 heterocycles. The molecule has 1 aromatic carbocycles. The van der Waals surface area contributed by atoms with E-state index in [2.05, 4.69) is 29.2 Å². The number of fused-ring (bicyclic) bond motifs is 1. The summed E-state index contributed by atoms with van der Waals surface area (Å²) in [5.74, 6) is 0. The summed E-state index contributed by atoms with van der Waals surface area (Å²) >= 11 is 0. The Morgan fingerprint density at radius 3 is 2.94 bits per heavy atom. The fourth-order valence-corrected chi connectivity index (χ4v) is 2.31. The molecule has 94 valence electrons. The number of anilines is 1. The molecule has 0 saturated carbocycles. The van der Waals surface area contributed by atoms with Crippen molar-refractivity contribution >= 4 is 5.69 Å². The minimum Gasteiger partial charge on any atom is -0.394 e. The third kappa shape index (κ3) is 2.99. The van der Waals surface area contributed by atoms with Gasteiger partial charge >= 0.3 is 0 Å². The monoisotopic (exact) mass is 234 g/mol. The summed E-state index contributed by atoms with van der Waals surface area (Å²) < 4.78 is 0. The van der Waals surface area contributed by atoms with Crippen LogP contribution in [0.3, 0.4) is 0 Å². The molecule has 0 saturated heterocycles. The summed E-state index contributed by atoms with van der Waals surface area (Å²) in [6.07, 6.45) is 3.20. The maximum Gasteiger partial charge on any atom is 0.0609 e. The van der Waals surface area contributed by atoms with Gasteiger partial charge in [0.2, 0.25) is 0 Å². The molecule has 2 rings (SSSR count). The van der Waals surface area contributed by atoms with Crippen LogP contribution in [0.5, 0.6) is 0 Å². The van der Waals surface area contributed by atoms with Crippen LogP contribution in [-0.4, -0.2) is 30.3 Å². The number of para-hydroxylation sites is 1. The van der Waals surface area contributed by atoms with Crippen LogP contribution in [0, 0.1) is 0 Å². The Kier molecular flexibility index (Phi) is 3.69. The van der Waals surface area contributed by atoms with Gasteiger partial charge in [-0.25, -0.2) is 0 Å². The first-order valence-electron chi connectivity index (χ1n) is 6.35. The molecule has 1 unspecified atom stereocenters. The molecule has 0 amide bonds. The first-order chi connectivity index (χ1) is 8.12. The number of aliphatic hydroxyl groups excluding tert-OH is 1. The van der Waals surface area contributed by atoms with Crippen molar-refractivity contribution < 1.29 is 5.11 Å². The Labute approximate surface area is 103 Å². The van der Waals surface area contributed by atoms with Crippen molar-refractivity contribution in [2.45, 2.75) is 31.7 Å². The lowest BCUT2D eigenvalue weighted by atomic mass is 9.97. The van der Waals surface area contributed by atoms with Crippen molar-refractivity contribution in [3.05, 3.63) is 29.8 Å². The molecule has 0 aliphatic carbocycles. The Bertz CT molecular complexity index is 376. The molecule has 17 heavy (non-hydrogen) atoms. The summed E-state index contributed by atoms with van der Waals surface area (Å²) in [4.78, 5) is 2.39. The molecule has 3 nitrogen and oxygen atoms in total. The van der Waals surface area contributed by atoms with Crippen molar-refractivity contribution in [3.63, 3.8) is 0 Å². The highest BCUT2D eigenvalue weighted by Gasteiger charge is 2.21. The van der Waals surface area contributed by atoms with Crippen LogP contribution in [0.2, 0.25) is 0 Å². The highest BCUT2D eigenvalue weighted by atomic mass is 16.3. The van der Waals surface area contributed by atoms with Crippen LogP contribution in [0.25, 0.3) is 0 Å². The molecule has 1 atom stereocenters. The maximum absolute atomic E-state index is 9.18. The molecule has 0 bridgehead atoms. The number of aryl methyl sites for hydroxylation is 1. The molecular formula is C14H22N2O. The van der Waals surface area contributed by atoms with Crippen molar-refractivity contribution in [2.75, 3.05) is 24.6 Å². The van der Waals surface area contributed by atoms with E-state index in [-0.39, 0.29) is 6.61 Å². The summed E-state index contributed by atoms with van der Waals surface area (Å²) in [6, 6.07) is 8.57. The number of hydrogen-bond acceptors (Lipinski definition) is 3. The minimum absolute atomic E-state index is 0.0441. The minimum atomic E-state index is -0.466. The number of benzene rings is 1. The lowest BCUT2D eigenvalue weighted by Crippen LogP contribution is -2.44. The second-order valence-electron chi connectivity index (χ2n) is 5.28. The molecule has 0 radical (unpaired) electrons. The van der Waals surface area contributed by atoms with Crippen molar-refractivity contribution in [1.29, 1.82) is 0 Å². The van der Waals surface area contributed by atoms with Crippen molar-refractivity contribution in [3.8, 4) is 0 Å². The predicted octanol–water partition coefficient (Wildman–Crippen LogP) is 1.54. The average molecular weight is 234 g/mol. The van der Waals surface area contributed by atoms with E-state index in [0.29, 0.717) is 0 Å². The molecule has 0 fully saturated rings. The zero-order valence-electron chi connectivity index (χ0n) is 10.5. The van der Waals surface area contributed by atoms with E-state index in [1.165, 1.54) is 24.1 Å². The standard InChI is InChI=1S/C14H22N2O/c1-14(15,11-17)8-10-16-9-4-6-12-5-2-3-7-13(12)16/h2-3,5,7,17H,4,6,8-11,15H2,1H3. The van der Waals surface area contributed by atoms with E-state index in [1.807, 2.05) is 6.92 Å². The van der Waals surface area contributed by atoms with E-state index < -0.39 is 5.54 Å². The van der Waals surface area contributed by atoms with E-state index in [9.17, 15) is 5.11 Å². The fourth-order valence-electron chi connectivity index (χ4n) is 2.31. The average Bonchev–Trinajstić information content (AvgIpc) is 2.36. The third-order valence-corrected chi connectivity index (χ3v) is 3.52. The normalized spacial score (nSPS) is 18.6. The van der Waals surface area contributed by atoms with Gasteiger partial charge in [0.25, 0.3) is 0 Å². The van der Waals surface area contributed by atoms with Crippen molar-refractivity contribution in [2.24, 2.45) is 5.73 Å². The van der Waals surface area contributed by atoms with Gasteiger partial charge in [-0.2, -0.15) is 0 Å². The Balaban J connectivity index is 2.04. The number of aliphatic hydroxyl groups is 1. The smallest absolute Gasteiger partial charge is 0.0609 e. The highest BCUT2D eigenvalue weighted by Crippen LogP contribution is 2.27. The van der Waals surface area contributed by atoms with E-state index in [1.54, 1.807) is 0 Å². The van der Waals surface area contributed by atoms with Gasteiger partial charge in [0.1, 0.15) is 0 Å². The first kappa shape index (κ1) is 12.4. The lowest BCUT2D eigenvalue weighted by Gasteiger charge is -2.33. The van der Waals surface area contributed by atoms with E-state index in [4.69, 9.17) is 5.73 Å². The third-order valence-electron chi connectivity index (χ3n) is 3.52. The van der Waals surface area contributed by atoms with Crippen LogP contribution >= 0.6 is 0 Å². The second-order valence-corrected chi connectivity index (χ2v) is 5.28. The quantitative estimate of drug-likeness (QED) is 0.831. The van der Waals surface area contributed by atoms with Gasteiger partial charge in [-0.15, -0.1) is 0 Å². The van der Waals surface area contributed by atoms with Gasteiger partial charge in [-0.05, 0) is 37.8 Å². The Morgan fingerprint density at radius 2 is 2.18 bits per heavy atom. The second kappa shape index (κ2) is 5.07. The maximum atomic E-state index is 9.18. The van der Waals surface area contributed by atoms with E-state index in [0.717, 1.165) is 19.5 Å². The molecule has 3 heteroatoms. The number of rotatable bonds is 4. The molecule has 0 spiro atoms. The van der Waals surface area contributed by atoms with Crippen LogP contribution in [0.1, 0.15) is 25.3 Å². The van der Waals surface area contributed by atoms with Gasteiger partial charge in [-0.1, -0.05) is 18.2 Å². The van der Waals surface area contributed by atoms with Crippen LogP contribution < -0.4 is 10.6 Å². The van der Waals surface area contributed by atoms with Crippen molar-refractivity contribution in [1.82, 2.24) is 0 Å². The molecule has 1 aliphatic heterocycles. The molecule has 3 N–H and O–H groups in total.